The summed E-state index contributed by atoms with van der Waals surface area (Å²) in [5.41, 5.74) is 5.99. The van der Waals surface area contributed by atoms with Crippen molar-refractivity contribution < 1.29 is 0 Å². The summed E-state index contributed by atoms with van der Waals surface area (Å²) < 4.78 is 3.87. The van der Waals surface area contributed by atoms with E-state index in [1.54, 1.807) is 6.33 Å². The van der Waals surface area contributed by atoms with Crippen LogP contribution in [0.5, 0.6) is 0 Å². The van der Waals surface area contributed by atoms with Crippen LogP contribution in [0.2, 0.25) is 0 Å². The van der Waals surface area contributed by atoms with E-state index < -0.39 is 0 Å². The molecule has 0 unspecified atom stereocenters. The van der Waals surface area contributed by atoms with Crippen molar-refractivity contribution in [1.29, 1.82) is 0 Å². The van der Waals surface area contributed by atoms with Gasteiger partial charge >= 0.3 is 0 Å². The first-order valence-electron chi connectivity index (χ1n) is 8.84. The lowest BCUT2D eigenvalue weighted by Gasteiger charge is -2.20. The lowest BCUT2D eigenvalue weighted by molar-refractivity contribution is 0.549. The second-order valence-electron chi connectivity index (χ2n) is 8.78. The van der Waals surface area contributed by atoms with E-state index in [-0.39, 0.29) is 10.8 Å². The molecule has 0 fully saturated rings. The van der Waals surface area contributed by atoms with E-state index in [0.29, 0.717) is 0 Å². The van der Waals surface area contributed by atoms with Crippen molar-refractivity contribution in [3.8, 4) is 11.3 Å². The molecule has 0 radical (unpaired) electrons. The van der Waals surface area contributed by atoms with Gasteiger partial charge in [0.05, 0.1) is 29.8 Å². The van der Waals surface area contributed by atoms with E-state index >= 15 is 0 Å². The van der Waals surface area contributed by atoms with E-state index in [2.05, 4.69) is 73.8 Å². The fraction of sp³-hybridized carbons (Fsp3) is 0.400. The van der Waals surface area contributed by atoms with Crippen molar-refractivity contribution in [1.82, 2.24) is 29.2 Å². The Bertz CT molecular complexity index is 1100. The molecule has 4 rings (SSSR count). The minimum Gasteiger partial charge on any atom is -0.260 e. The van der Waals surface area contributed by atoms with Crippen LogP contribution in [-0.4, -0.2) is 29.2 Å². The predicted molar refractivity (Wildman–Crippen MR) is 102 cm³/mol. The Labute approximate surface area is 152 Å². The summed E-state index contributed by atoms with van der Waals surface area (Å²) in [6, 6.07) is 4.21. The number of rotatable bonds is 1. The van der Waals surface area contributed by atoms with E-state index in [0.717, 1.165) is 28.1 Å². The molecule has 0 aromatic carbocycles. The zero-order chi connectivity index (χ0) is 18.7. The minimum atomic E-state index is -0.0279. The van der Waals surface area contributed by atoms with Crippen molar-refractivity contribution >= 4 is 11.2 Å². The van der Waals surface area contributed by atoms with Gasteiger partial charge < -0.3 is 0 Å². The molecule has 4 heterocycles. The van der Waals surface area contributed by atoms with Crippen molar-refractivity contribution in [2.24, 2.45) is 0 Å². The maximum absolute atomic E-state index is 4.64. The van der Waals surface area contributed by atoms with E-state index in [9.17, 15) is 0 Å². The molecule has 0 bridgehead atoms. The minimum absolute atomic E-state index is 0.00231. The first kappa shape index (κ1) is 16.7. The molecule has 0 amide bonds. The fourth-order valence-electron chi connectivity index (χ4n) is 3.35. The van der Waals surface area contributed by atoms with Gasteiger partial charge in [-0.3, -0.25) is 4.98 Å². The smallest absolute Gasteiger partial charge is 0.165 e. The standard InChI is InChI=1S/C20H24N6/c1-19(2,3)14-9-23-25-15(10-21-11-16(14)25)13-7-8-17(20(4,5)6)26-18(13)22-12-24-26/h7-12H,1-6H3. The Hall–Kier alpha value is -2.76. The average Bonchev–Trinajstić information content (AvgIpc) is 3.18. The number of aromatic nitrogens is 6. The van der Waals surface area contributed by atoms with Crippen LogP contribution >= 0.6 is 0 Å². The molecule has 4 aromatic rings. The number of hydrogen-bond donors (Lipinski definition) is 0. The third-order valence-corrected chi connectivity index (χ3v) is 4.71. The van der Waals surface area contributed by atoms with Crippen molar-refractivity contribution in [2.75, 3.05) is 0 Å². The molecule has 26 heavy (non-hydrogen) atoms. The van der Waals surface area contributed by atoms with E-state index in [1.807, 2.05) is 27.6 Å². The SMILES string of the molecule is CC(C)(C)c1cnn2c(-c3ccc(C(C)(C)C)n4ncnc34)cncc12. The Morgan fingerprint density at radius 1 is 0.808 bits per heavy atom. The summed E-state index contributed by atoms with van der Waals surface area (Å²) in [6.07, 6.45) is 7.26. The van der Waals surface area contributed by atoms with Gasteiger partial charge in [0.25, 0.3) is 0 Å². The van der Waals surface area contributed by atoms with E-state index in [1.165, 1.54) is 5.56 Å². The molecule has 4 aromatic heterocycles. The predicted octanol–water partition coefficient (Wildman–Crippen LogP) is 4.03. The second kappa shape index (κ2) is 5.37. The molecule has 0 aliphatic carbocycles. The monoisotopic (exact) mass is 348 g/mol. The van der Waals surface area contributed by atoms with Crippen molar-refractivity contribution in [3.63, 3.8) is 0 Å². The first-order chi connectivity index (χ1) is 12.2. The molecule has 0 atom stereocenters. The summed E-state index contributed by atoms with van der Waals surface area (Å²) in [5, 5.41) is 9.09. The number of nitrogens with zero attached hydrogens (tertiary/aromatic N) is 6. The molecule has 0 aliphatic heterocycles. The zero-order valence-corrected chi connectivity index (χ0v) is 16.1. The molecular formula is C20H24N6. The largest absolute Gasteiger partial charge is 0.260 e. The fourth-order valence-corrected chi connectivity index (χ4v) is 3.35. The molecule has 6 nitrogen and oxygen atoms in total. The number of pyridine rings is 1. The first-order valence-corrected chi connectivity index (χ1v) is 8.84. The average molecular weight is 348 g/mol. The number of hydrogen-bond acceptors (Lipinski definition) is 4. The van der Waals surface area contributed by atoms with Crippen LogP contribution in [0.4, 0.5) is 0 Å². The molecule has 6 heteroatoms. The highest BCUT2D eigenvalue weighted by molar-refractivity contribution is 5.77. The normalized spacial score (nSPS) is 13.0. The lowest BCUT2D eigenvalue weighted by atomic mass is 9.88. The van der Waals surface area contributed by atoms with Crippen LogP contribution in [0.1, 0.15) is 52.8 Å². The van der Waals surface area contributed by atoms with Crippen molar-refractivity contribution in [3.05, 3.63) is 48.3 Å². The lowest BCUT2D eigenvalue weighted by Crippen LogP contribution is -2.17. The quantitative estimate of drug-likeness (QED) is 0.521. The third-order valence-electron chi connectivity index (χ3n) is 4.71. The van der Waals surface area contributed by atoms with Crippen LogP contribution in [0.3, 0.4) is 0 Å². The molecule has 0 saturated heterocycles. The highest BCUT2D eigenvalue weighted by Gasteiger charge is 2.23. The Morgan fingerprint density at radius 3 is 2.27 bits per heavy atom. The molecular weight excluding hydrogens is 324 g/mol. The summed E-state index contributed by atoms with van der Waals surface area (Å²) in [4.78, 5) is 8.99. The molecule has 0 saturated carbocycles. The summed E-state index contributed by atoms with van der Waals surface area (Å²) in [5.74, 6) is 0. The molecule has 134 valence electrons. The topological polar surface area (TPSA) is 60.4 Å². The Kier molecular flexibility index (Phi) is 3.45. The van der Waals surface area contributed by atoms with Crippen LogP contribution < -0.4 is 0 Å². The Balaban J connectivity index is 2.00. The van der Waals surface area contributed by atoms with Gasteiger partial charge in [-0.2, -0.15) is 10.2 Å². The van der Waals surface area contributed by atoms with Gasteiger partial charge in [0.1, 0.15) is 6.33 Å². The molecule has 0 N–H and O–H groups in total. The Morgan fingerprint density at radius 2 is 1.58 bits per heavy atom. The van der Waals surface area contributed by atoms with Gasteiger partial charge in [-0.15, -0.1) is 0 Å². The molecule has 0 spiro atoms. The van der Waals surface area contributed by atoms with Gasteiger partial charge in [-0.05, 0) is 17.5 Å². The summed E-state index contributed by atoms with van der Waals surface area (Å²) in [7, 11) is 0. The van der Waals surface area contributed by atoms with Crippen LogP contribution in [0, 0.1) is 0 Å². The zero-order valence-electron chi connectivity index (χ0n) is 16.1. The second-order valence-corrected chi connectivity index (χ2v) is 8.78. The maximum atomic E-state index is 4.64. The van der Waals surface area contributed by atoms with Crippen LogP contribution in [0.25, 0.3) is 22.4 Å². The summed E-state index contributed by atoms with van der Waals surface area (Å²) >= 11 is 0. The van der Waals surface area contributed by atoms with Gasteiger partial charge in [0.15, 0.2) is 5.65 Å². The van der Waals surface area contributed by atoms with E-state index in [4.69, 9.17) is 0 Å². The van der Waals surface area contributed by atoms with Gasteiger partial charge in [0, 0.05) is 22.2 Å². The van der Waals surface area contributed by atoms with Gasteiger partial charge in [-0.25, -0.2) is 14.0 Å². The highest BCUT2D eigenvalue weighted by Crippen LogP contribution is 2.31. The van der Waals surface area contributed by atoms with Gasteiger partial charge in [0.2, 0.25) is 0 Å². The van der Waals surface area contributed by atoms with Crippen LogP contribution in [-0.2, 0) is 10.8 Å². The third kappa shape index (κ3) is 2.48. The highest BCUT2D eigenvalue weighted by atomic mass is 15.3. The molecule has 0 aliphatic rings. The van der Waals surface area contributed by atoms with Crippen molar-refractivity contribution in [2.45, 2.75) is 52.4 Å². The van der Waals surface area contributed by atoms with Gasteiger partial charge in [-0.1, -0.05) is 41.5 Å². The summed E-state index contributed by atoms with van der Waals surface area (Å²) in [6.45, 7) is 13.1. The van der Waals surface area contributed by atoms with Crippen LogP contribution in [0.15, 0.2) is 37.1 Å². The number of fused-ring (bicyclic) bond motifs is 2. The maximum Gasteiger partial charge on any atom is 0.165 e.